The van der Waals surface area contributed by atoms with E-state index < -0.39 is 0 Å². The highest BCUT2D eigenvalue weighted by molar-refractivity contribution is 9.10. The third-order valence-electron chi connectivity index (χ3n) is 5.67. The number of hydrogen-bond donors (Lipinski definition) is 2. The lowest BCUT2D eigenvalue weighted by atomic mass is 10.1. The predicted octanol–water partition coefficient (Wildman–Crippen LogP) is 7.20. The van der Waals surface area contributed by atoms with E-state index in [2.05, 4.69) is 33.5 Å². The molecule has 37 heavy (non-hydrogen) atoms. The molecule has 0 unspecified atom stereocenters. The number of halogens is 1. The lowest BCUT2D eigenvalue weighted by Gasteiger charge is -2.21. The zero-order valence-electron chi connectivity index (χ0n) is 21.1. The van der Waals surface area contributed by atoms with E-state index in [1.165, 1.54) is 0 Å². The van der Waals surface area contributed by atoms with Crippen LogP contribution in [0, 0.1) is 0 Å². The molecule has 2 amide bonds. The van der Waals surface area contributed by atoms with Crippen molar-refractivity contribution in [3.63, 3.8) is 0 Å². The zero-order chi connectivity index (χ0) is 26.6. The molecule has 0 aliphatic rings. The van der Waals surface area contributed by atoms with Gasteiger partial charge in [0.15, 0.2) is 5.11 Å². The van der Waals surface area contributed by atoms with Gasteiger partial charge in [-0.25, -0.2) is 0 Å². The lowest BCUT2D eigenvalue weighted by molar-refractivity contribution is 0.0969. The van der Waals surface area contributed by atoms with Crippen LogP contribution in [-0.2, 0) is 0 Å². The number of carbonyl (C=O) groups is 2. The average Bonchev–Trinajstić information content (AvgIpc) is 2.90. The molecule has 3 aromatic rings. The number of anilines is 2. The molecular weight excluding hydrogens is 550 g/mol. The fourth-order valence-corrected chi connectivity index (χ4v) is 4.36. The highest BCUT2D eigenvalue weighted by Crippen LogP contribution is 2.24. The number of benzene rings is 3. The number of ether oxygens (including phenoxy) is 1. The fourth-order valence-electron chi connectivity index (χ4n) is 3.79. The fraction of sp³-hybridized carbons (Fsp3) is 0.276. The monoisotopic (exact) mass is 581 g/mol. The van der Waals surface area contributed by atoms with Gasteiger partial charge in [-0.1, -0.05) is 66.4 Å². The second kappa shape index (κ2) is 14.5. The smallest absolute Gasteiger partial charge is 0.261 e. The van der Waals surface area contributed by atoms with Gasteiger partial charge in [-0.2, -0.15) is 0 Å². The van der Waals surface area contributed by atoms with Gasteiger partial charge >= 0.3 is 0 Å². The Bertz CT molecular complexity index is 1220. The van der Waals surface area contributed by atoms with Gasteiger partial charge in [-0.3, -0.25) is 14.9 Å². The van der Waals surface area contributed by atoms with Crippen molar-refractivity contribution >= 4 is 56.4 Å². The summed E-state index contributed by atoms with van der Waals surface area (Å²) in [4.78, 5) is 27.9. The van der Waals surface area contributed by atoms with E-state index in [0.29, 0.717) is 35.7 Å². The summed E-state index contributed by atoms with van der Waals surface area (Å²) in [6.45, 7) is 5.17. The second-order valence-electron chi connectivity index (χ2n) is 8.42. The summed E-state index contributed by atoms with van der Waals surface area (Å²) < 4.78 is 6.65. The number of carbonyl (C=O) groups excluding carboxylic acids is 2. The van der Waals surface area contributed by atoms with Crippen LogP contribution in [0.5, 0.6) is 5.75 Å². The van der Waals surface area contributed by atoms with Crippen molar-refractivity contribution in [2.45, 2.75) is 39.5 Å². The minimum atomic E-state index is -0.379. The molecule has 0 spiro atoms. The van der Waals surface area contributed by atoms with Gasteiger partial charge in [-0.05, 0) is 74.1 Å². The van der Waals surface area contributed by atoms with Crippen molar-refractivity contribution < 1.29 is 14.3 Å². The van der Waals surface area contributed by atoms with Crippen LogP contribution in [0.15, 0.2) is 77.3 Å². The number of hydrogen-bond acceptors (Lipinski definition) is 4. The van der Waals surface area contributed by atoms with Crippen molar-refractivity contribution in [3.05, 3.63) is 88.4 Å². The maximum Gasteiger partial charge on any atom is 0.261 e. The summed E-state index contributed by atoms with van der Waals surface area (Å²) in [5.41, 5.74) is 2.32. The number of thiocarbonyl (C=S) groups is 1. The van der Waals surface area contributed by atoms with Gasteiger partial charge in [0.2, 0.25) is 0 Å². The van der Waals surface area contributed by atoms with Gasteiger partial charge in [-0.15, -0.1) is 0 Å². The standard InChI is InChI=1S/C29H32BrN3O3S/c1-3-5-6-10-18-36-26-17-16-22(30)20-25(26)27(34)32-29(37)31-23-13-11-12-21(19-23)28(35)33(4-2)24-14-8-7-9-15-24/h7-9,11-17,19-20H,3-6,10,18H2,1-2H3,(H2,31,32,34,37). The van der Waals surface area contributed by atoms with Crippen LogP contribution in [0.1, 0.15) is 60.2 Å². The van der Waals surface area contributed by atoms with Crippen LogP contribution < -0.4 is 20.3 Å². The van der Waals surface area contributed by atoms with Gasteiger partial charge < -0.3 is 15.0 Å². The van der Waals surface area contributed by atoms with Crippen molar-refractivity contribution in [1.82, 2.24) is 5.32 Å². The van der Waals surface area contributed by atoms with Crippen LogP contribution in [0.4, 0.5) is 11.4 Å². The molecule has 6 nitrogen and oxygen atoms in total. The summed E-state index contributed by atoms with van der Waals surface area (Å²) in [5, 5.41) is 5.85. The van der Waals surface area contributed by atoms with E-state index in [4.69, 9.17) is 17.0 Å². The molecule has 8 heteroatoms. The molecule has 0 saturated heterocycles. The van der Waals surface area contributed by atoms with Gasteiger partial charge in [0.05, 0.1) is 12.2 Å². The summed E-state index contributed by atoms with van der Waals surface area (Å²) >= 11 is 8.82. The van der Waals surface area contributed by atoms with Crippen molar-refractivity contribution in [1.29, 1.82) is 0 Å². The molecule has 0 fully saturated rings. The Morgan fingerprint density at radius 2 is 1.73 bits per heavy atom. The Labute approximate surface area is 232 Å². The van der Waals surface area contributed by atoms with E-state index in [0.717, 1.165) is 35.8 Å². The number of unbranched alkanes of at least 4 members (excludes halogenated alkanes) is 3. The third-order valence-corrected chi connectivity index (χ3v) is 6.36. The summed E-state index contributed by atoms with van der Waals surface area (Å²) in [6.07, 6.45) is 4.33. The number of nitrogens with zero attached hydrogens (tertiary/aromatic N) is 1. The molecule has 0 bridgehead atoms. The molecule has 0 aliphatic carbocycles. The molecular formula is C29H32BrN3O3S. The van der Waals surface area contributed by atoms with Crippen LogP contribution in [0.3, 0.4) is 0 Å². The van der Waals surface area contributed by atoms with Crippen molar-refractivity contribution in [2.24, 2.45) is 0 Å². The topological polar surface area (TPSA) is 70.7 Å². The van der Waals surface area contributed by atoms with Crippen LogP contribution in [-0.4, -0.2) is 30.1 Å². The van der Waals surface area contributed by atoms with Gasteiger partial charge in [0.25, 0.3) is 11.8 Å². The van der Waals surface area contributed by atoms with E-state index in [9.17, 15) is 9.59 Å². The number of nitrogens with one attached hydrogen (secondary N) is 2. The molecule has 0 aromatic heterocycles. The zero-order valence-corrected chi connectivity index (χ0v) is 23.5. The van der Waals surface area contributed by atoms with Crippen molar-refractivity contribution in [2.75, 3.05) is 23.4 Å². The van der Waals surface area contributed by atoms with E-state index >= 15 is 0 Å². The Balaban J connectivity index is 1.65. The molecule has 3 aromatic carbocycles. The summed E-state index contributed by atoms with van der Waals surface area (Å²) in [7, 11) is 0. The second-order valence-corrected chi connectivity index (χ2v) is 9.75. The Hall–Kier alpha value is -3.23. The number of rotatable bonds is 11. The first-order valence-electron chi connectivity index (χ1n) is 12.4. The minimum absolute atomic E-state index is 0.123. The third kappa shape index (κ3) is 8.40. The lowest BCUT2D eigenvalue weighted by Crippen LogP contribution is -2.34. The van der Waals surface area contributed by atoms with E-state index in [1.54, 1.807) is 41.3 Å². The highest BCUT2D eigenvalue weighted by atomic mass is 79.9. The first-order chi connectivity index (χ1) is 17.9. The molecule has 0 saturated carbocycles. The molecule has 0 radical (unpaired) electrons. The Morgan fingerprint density at radius 1 is 0.946 bits per heavy atom. The Kier molecular flexibility index (Phi) is 11.1. The first kappa shape index (κ1) is 28.3. The molecule has 0 heterocycles. The quantitative estimate of drug-likeness (QED) is 0.185. The van der Waals surface area contributed by atoms with E-state index in [-0.39, 0.29) is 16.9 Å². The van der Waals surface area contributed by atoms with Gasteiger partial charge in [0.1, 0.15) is 5.75 Å². The maximum atomic E-state index is 13.2. The SMILES string of the molecule is CCCCCCOc1ccc(Br)cc1C(=O)NC(=S)Nc1cccc(C(=O)N(CC)c2ccccc2)c1. The van der Waals surface area contributed by atoms with E-state index in [1.807, 2.05) is 43.3 Å². The normalized spacial score (nSPS) is 10.5. The predicted molar refractivity (Wildman–Crippen MR) is 158 cm³/mol. The number of amides is 2. The molecule has 194 valence electrons. The maximum absolute atomic E-state index is 13.2. The van der Waals surface area contributed by atoms with Crippen molar-refractivity contribution in [3.8, 4) is 5.75 Å². The molecule has 0 atom stereocenters. The molecule has 3 rings (SSSR count). The summed E-state index contributed by atoms with van der Waals surface area (Å²) in [5.74, 6) is 0.00570. The van der Waals surface area contributed by atoms with Crippen LogP contribution in [0.2, 0.25) is 0 Å². The van der Waals surface area contributed by atoms with Crippen LogP contribution in [0.25, 0.3) is 0 Å². The van der Waals surface area contributed by atoms with Gasteiger partial charge in [0, 0.05) is 28.0 Å². The first-order valence-corrected chi connectivity index (χ1v) is 13.6. The average molecular weight is 583 g/mol. The molecule has 0 aliphatic heterocycles. The van der Waals surface area contributed by atoms with Crippen LogP contribution >= 0.6 is 28.1 Å². The molecule has 2 N–H and O–H groups in total. The summed E-state index contributed by atoms with van der Waals surface area (Å²) in [6, 6.07) is 21.9. The Morgan fingerprint density at radius 3 is 2.46 bits per heavy atom. The number of para-hydroxylation sites is 1. The minimum Gasteiger partial charge on any atom is -0.493 e. The highest BCUT2D eigenvalue weighted by Gasteiger charge is 2.18. The largest absolute Gasteiger partial charge is 0.493 e.